The molecule has 0 bridgehead atoms. The van der Waals surface area contributed by atoms with Crippen molar-refractivity contribution in [3.05, 3.63) is 33.6 Å². The topological polar surface area (TPSA) is 23.8 Å². The molecule has 0 fully saturated rings. The largest absolute Gasteiger partial charge is 0.205 e. The maximum atomic E-state index is 13.1. The first-order valence-corrected chi connectivity index (χ1v) is 4.89. The van der Waals surface area contributed by atoms with E-state index in [1.54, 1.807) is 0 Å². The summed E-state index contributed by atoms with van der Waals surface area (Å²) in [5.41, 5.74) is 0.499. The number of hydrogen-bond donors (Lipinski definition) is 0. The number of benzene rings is 1. The van der Waals surface area contributed by atoms with Crippen LogP contribution in [0.15, 0.2) is 12.1 Å². The van der Waals surface area contributed by atoms with Crippen LogP contribution in [0.3, 0.4) is 0 Å². The van der Waals surface area contributed by atoms with Gasteiger partial charge in [0.1, 0.15) is 5.82 Å². The molecule has 0 aliphatic heterocycles. The van der Waals surface area contributed by atoms with Gasteiger partial charge in [-0.15, -0.1) is 0 Å². The minimum Gasteiger partial charge on any atom is -0.205 e. The zero-order valence-electron chi connectivity index (χ0n) is 7.52. The zero-order valence-corrected chi connectivity index (χ0v) is 9.03. The average molecular weight is 232 g/mol. The van der Waals surface area contributed by atoms with Crippen molar-refractivity contribution in [1.29, 1.82) is 5.26 Å². The Bertz CT molecular complexity index is 384. The van der Waals surface area contributed by atoms with E-state index in [-0.39, 0.29) is 10.9 Å². The van der Waals surface area contributed by atoms with E-state index < -0.39 is 5.82 Å². The summed E-state index contributed by atoms with van der Waals surface area (Å²) in [4.78, 5) is 0. The lowest BCUT2D eigenvalue weighted by molar-refractivity contribution is 0.623. The maximum Gasteiger partial charge on any atom is 0.142 e. The molecule has 0 amide bonds. The summed E-state index contributed by atoms with van der Waals surface area (Å²) in [6.07, 6.45) is 0.595. The molecule has 0 N–H and O–H groups in total. The van der Waals surface area contributed by atoms with E-state index >= 15 is 0 Å². The molecular weight excluding hydrogens is 224 g/mol. The lowest BCUT2D eigenvalue weighted by Crippen LogP contribution is -1.96. The summed E-state index contributed by atoms with van der Waals surface area (Å²) in [7, 11) is 0. The molecule has 74 valence electrons. The van der Waals surface area contributed by atoms with Crippen molar-refractivity contribution in [3.63, 3.8) is 0 Å². The number of rotatable bonds is 2. The van der Waals surface area contributed by atoms with Crippen LogP contribution >= 0.6 is 23.2 Å². The Labute approximate surface area is 92.1 Å². The quantitative estimate of drug-likeness (QED) is 0.702. The Morgan fingerprint density at radius 1 is 1.43 bits per heavy atom. The zero-order chi connectivity index (χ0) is 10.7. The molecule has 0 aliphatic rings. The van der Waals surface area contributed by atoms with Crippen LogP contribution in [0.4, 0.5) is 4.39 Å². The molecule has 0 saturated heterocycles. The standard InChI is InChI=1S/C10H8Cl2FN/c1-2-6(5-14)7-3-10(13)9(12)4-8(7)11/h3-4,6H,2H2,1H3. The lowest BCUT2D eigenvalue weighted by atomic mass is 9.98. The Hall–Kier alpha value is -0.780. The Morgan fingerprint density at radius 3 is 2.57 bits per heavy atom. The van der Waals surface area contributed by atoms with Gasteiger partial charge < -0.3 is 0 Å². The van der Waals surface area contributed by atoms with Crippen molar-refractivity contribution in [2.45, 2.75) is 19.3 Å². The minimum atomic E-state index is -0.542. The van der Waals surface area contributed by atoms with Gasteiger partial charge in [0, 0.05) is 5.02 Å². The summed E-state index contributed by atoms with van der Waals surface area (Å²) in [5, 5.41) is 9.12. The highest BCUT2D eigenvalue weighted by atomic mass is 35.5. The van der Waals surface area contributed by atoms with Crippen molar-refractivity contribution < 1.29 is 4.39 Å². The molecule has 1 atom stereocenters. The molecule has 0 saturated carbocycles. The van der Waals surface area contributed by atoms with Crippen LogP contribution in [0.25, 0.3) is 0 Å². The lowest BCUT2D eigenvalue weighted by Gasteiger charge is -2.09. The average Bonchev–Trinajstić information content (AvgIpc) is 2.15. The van der Waals surface area contributed by atoms with E-state index in [2.05, 4.69) is 6.07 Å². The third kappa shape index (κ3) is 2.17. The predicted molar refractivity (Wildman–Crippen MR) is 55.1 cm³/mol. The summed E-state index contributed by atoms with van der Waals surface area (Å²) in [6, 6.07) is 4.61. The van der Waals surface area contributed by atoms with Crippen molar-refractivity contribution in [3.8, 4) is 6.07 Å². The molecule has 0 heterocycles. The number of nitriles is 1. The fourth-order valence-electron chi connectivity index (χ4n) is 1.19. The smallest absolute Gasteiger partial charge is 0.142 e. The Balaban J connectivity index is 3.22. The van der Waals surface area contributed by atoms with Gasteiger partial charge >= 0.3 is 0 Å². The minimum absolute atomic E-state index is 0.0217. The van der Waals surface area contributed by atoms with Gasteiger partial charge in [-0.2, -0.15) is 5.26 Å². The molecular formula is C10H8Cl2FN. The van der Waals surface area contributed by atoms with Gasteiger partial charge in [-0.25, -0.2) is 4.39 Å². The highest BCUT2D eigenvalue weighted by Gasteiger charge is 2.14. The number of nitrogens with zero attached hydrogens (tertiary/aromatic N) is 1. The van der Waals surface area contributed by atoms with E-state index in [1.807, 2.05) is 6.92 Å². The van der Waals surface area contributed by atoms with E-state index in [9.17, 15) is 4.39 Å². The highest BCUT2D eigenvalue weighted by Crippen LogP contribution is 2.30. The summed E-state index contributed by atoms with van der Waals surface area (Å²) < 4.78 is 13.1. The number of hydrogen-bond acceptors (Lipinski definition) is 1. The van der Waals surface area contributed by atoms with Crippen LogP contribution in [-0.2, 0) is 0 Å². The van der Waals surface area contributed by atoms with Gasteiger partial charge in [0.15, 0.2) is 0 Å². The molecule has 0 spiro atoms. The summed E-state index contributed by atoms with van der Waals surface area (Å²) >= 11 is 11.4. The third-order valence-electron chi connectivity index (χ3n) is 1.98. The molecule has 0 aromatic heterocycles. The van der Waals surface area contributed by atoms with Crippen LogP contribution in [0.5, 0.6) is 0 Å². The normalized spacial score (nSPS) is 12.2. The van der Waals surface area contributed by atoms with Crippen molar-refractivity contribution in [1.82, 2.24) is 0 Å². The first-order chi connectivity index (χ1) is 6.60. The van der Waals surface area contributed by atoms with Crippen LogP contribution in [0, 0.1) is 17.1 Å². The Morgan fingerprint density at radius 2 is 2.07 bits per heavy atom. The van der Waals surface area contributed by atoms with E-state index in [0.717, 1.165) is 0 Å². The highest BCUT2D eigenvalue weighted by molar-refractivity contribution is 6.35. The third-order valence-corrected chi connectivity index (χ3v) is 2.60. The van der Waals surface area contributed by atoms with Crippen molar-refractivity contribution >= 4 is 23.2 Å². The van der Waals surface area contributed by atoms with E-state index in [0.29, 0.717) is 17.0 Å². The van der Waals surface area contributed by atoms with Crippen LogP contribution in [0.2, 0.25) is 10.0 Å². The van der Waals surface area contributed by atoms with Gasteiger partial charge in [0.2, 0.25) is 0 Å². The second kappa shape index (κ2) is 4.63. The number of halogens is 3. The first kappa shape index (κ1) is 11.3. The molecule has 1 rings (SSSR count). The summed E-state index contributed by atoms with van der Waals surface area (Å²) in [5.74, 6) is -0.922. The van der Waals surface area contributed by atoms with Gasteiger partial charge in [0.05, 0.1) is 17.0 Å². The van der Waals surface area contributed by atoms with Gasteiger partial charge in [0.25, 0.3) is 0 Å². The molecule has 0 aliphatic carbocycles. The molecule has 0 radical (unpaired) electrons. The monoisotopic (exact) mass is 231 g/mol. The second-order valence-electron chi connectivity index (χ2n) is 2.88. The first-order valence-electron chi connectivity index (χ1n) is 4.14. The van der Waals surface area contributed by atoms with Crippen LogP contribution < -0.4 is 0 Å². The summed E-state index contributed by atoms with van der Waals surface area (Å²) in [6.45, 7) is 1.84. The van der Waals surface area contributed by atoms with E-state index in [1.165, 1.54) is 12.1 Å². The van der Waals surface area contributed by atoms with Gasteiger partial charge in [-0.05, 0) is 24.1 Å². The van der Waals surface area contributed by atoms with Gasteiger partial charge in [-0.1, -0.05) is 30.1 Å². The molecule has 1 nitrogen and oxygen atoms in total. The van der Waals surface area contributed by atoms with Crippen LogP contribution in [-0.4, -0.2) is 0 Å². The predicted octanol–water partition coefficient (Wildman–Crippen LogP) is 4.15. The molecule has 1 aromatic rings. The second-order valence-corrected chi connectivity index (χ2v) is 3.69. The van der Waals surface area contributed by atoms with E-state index in [4.69, 9.17) is 28.5 Å². The fourth-order valence-corrected chi connectivity index (χ4v) is 1.70. The van der Waals surface area contributed by atoms with Crippen molar-refractivity contribution in [2.75, 3.05) is 0 Å². The maximum absolute atomic E-state index is 13.1. The fraction of sp³-hybridized carbons (Fsp3) is 0.300. The van der Waals surface area contributed by atoms with Crippen molar-refractivity contribution in [2.24, 2.45) is 0 Å². The molecule has 1 aromatic carbocycles. The molecule has 1 unspecified atom stereocenters. The SMILES string of the molecule is CCC(C#N)c1cc(F)c(Cl)cc1Cl. The molecule has 4 heteroatoms. The Kier molecular flexibility index (Phi) is 3.74. The molecule has 14 heavy (non-hydrogen) atoms. The van der Waals surface area contributed by atoms with Crippen LogP contribution in [0.1, 0.15) is 24.8 Å². The van der Waals surface area contributed by atoms with Gasteiger partial charge in [-0.3, -0.25) is 0 Å².